The summed E-state index contributed by atoms with van der Waals surface area (Å²) in [4.78, 5) is 35.9. The van der Waals surface area contributed by atoms with E-state index in [4.69, 9.17) is 4.98 Å². The van der Waals surface area contributed by atoms with Crippen LogP contribution in [0.15, 0.2) is 78.0 Å². The number of carbonyl (C=O) groups excluding carboxylic acids is 1. The van der Waals surface area contributed by atoms with Gasteiger partial charge in [-0.3, -0.25) is 14.3 Å². The van der Waals surface area contributed by atoms with Gasteiger partial charge in [-0.25, -0.2) is 10.1 Å². The number of H-pyrrole nitrogens is 2. The van der Waals surface area contributed by atoms with Gasteiger partial charge >= 0.3 is 0 Å². The van der Waals surface area contributed by atoms with Crippen LogP contribution in [0.4, 0.5) is 11.4 Å². The Labute approximate surface area is 250 Å². The standard InChI is InChI=1S/C31H27N11O2/c1-40(2)30(43)18-10-8-17(9-11-18)25-26-22-13-23(34-21-7-5-6-19(12-21)28-36-38-39-37-28)31(44)42(4)24(22)15-32-29(26)35-27(25)20-14-33-41(3)16-20/h5-16,34H,1-4H3,(H,32,35)(H,36,37,38,39). The van der Waals surface area contributed by atoms with Gasteiger partial charge in [0, 0.05) is 73.1 Å². The van der Waals surface area contributed by atoms with Gasteiger partial charge in [0.1, 0.15) is 11.3 Å². The maximum atomic E-state index is 13.6. The topological polar surface area (TPSA) is 155 Å². The number of amides is 1. The predicted octanol–water partition coefficient (Wildman–Crippen LogP) is 4.11. The quantitative estimate of drug-likeness (QED) is 0.263. The van der Waals surface area contributed by atoms with Gasteiger partial charge in [-0.15, -0.1) is 5.10 Å². The Morgan fingerprint density at radius 3 is 2.50 bits per heavy atom. The number of nitrogens with one attached hydrogen (secondary N) is 3. The van der Waals surface area contributed by atoms with Crippen LogP contribution in [-0.4, -0.2) is 69.8 Å². The summed E-state index contributed by atoms with van der Waals surface area (Å²) >= 11 is 0. The second kappa shape index (κ2) is 10.3. The number of aromatic nitrogens is 9. The summed E-state index contributed by atoms with van der Waals surface area (Å²) in [6, 6.07) is 16.9. The molecule has 0 fully saturated rings. The summed E-state index contributed by atoms with van der Waals surface area (Å²) in [6.45, 7) is 0. The van der Waals surface area contributed by atoms with Crippen molar-refractivity contribution >= 4 is 39.2 Å². The van der Waals surface area contributed by atoms with Gasteiger partial charge in [0.25, 0.3) is 11.5 Å². The Kier molecular flexibility index (Phi) is 6.27. The molecule has 0 saturated carbocycles. The minimum atomic E-state index is -0.207. The molecule has 5 heterocycles. The van der Waals surface area contributed by atoms with Crippen molar-refractivity contribution in [1.29, 1.82) is 0 Å². The van der Waals surface area contributed by atoms with Crippen LogP contribution in [0.1, 0.15) is 10.4 Å². The molecule has 13 nitrogen and oxygen atoms in total. The molecular weight excluding hydrogens is 558 g/mol. The first kappa shape index (κ1) is 26.8. The number of aromatic amines is 2. The number of fused-ring (bicyclic) bond motifs is 3. The molecule has 0 unspecified atom stereocenters. The first-order chi connectivity index (χ1) is 21.3. The summed E-state index contributed by atoms with van der Waals surface area (Å²) < 4.78 is 3.33. The molecule has 0 saturated heterocycles. The van der Waals surface area contributed by atoms with Crippen molar-refractivity contribution in [2.45, 2.75) is 0 Å². The summed E-state index contributed by atoms with van der Waals surface area (Å²) in [5.41, 5.74) is 7.06. The summed E-state index contributed by atoms with van der Waals surface area (Å²) in [5, 5.41) is 23.4. The van der Waals surface area contributed by atoms with Crippen molar-refractivity contribution < 1.29 is 4.79 Å². The molecule has 7 rings (SSSR count). The fourth-order valence-corrected chi connectivity index (χ4v) is 5.44. The van der Waals surface area contributed by atoms with Gasteiger partial charge < -0.3 is 19.8 Å². The zero-order valence-electron chi connectivity index (χ0n) is 24.3. The van der Waals surface area contributed by atoms with Crippen LogP contribution >= 0.6 is 0 Å². The molecule has 44 heavy (non-hydrogen) atoms. The summed E-state index contributed by atoms with van der Waals surface area (Å²) in [6.07, 6.45) is 5.42. The fourth-order valence-electron chi connectivity index (χ4n) is 5.44. The van der Waals surface area contributed by atoms with Gasteiger partial charge in [-0.05, 0) is 46.3 Å². The molecule has 5 aromatic heterocycles. The van der Waals surface area contributed by atoms with Gasteiger partial charge in [0.2, 0.25) is 0 Å². The Morgan fingerprint density at radius 1 is 0.977 bits per heavy atom. The molecule has 0 aliphatic heterocycles. The molecule has 0 atom stereocenters. The Balaban J connectivity index is 1.44. The van der Waals surface area contributed by atoms with E-state index >= 15 is 0 Å². The minimum Gasteiger partial charge on any atom is -0.351 e. The summed E-state index contributed by atoms with van der Waals surface area (Å²) in [7, 11) is 7.05. The van der Waals surface area contributed by atoms with Gasteiger partial charge in [-0.2, -0.15) is 5.10 Å². The van der Waals surface area contributed by atoms with E-state index in [0.717, 1.165) is 38.7 Å². The third-order valence-corrected chi connectivity index (χ3v) is 7.61. The van der Waals surface area contributed by atoms with Crippen molar-refractivity contribution in [1.82, 2.24) is 49.8 Å². The van der Waals surface area contributed by atoms with E-state index in [9.17, 15) is 9.59 Å². The maximum Gasteiger partial charge on any atom is 0.274 e. The molecule has 1 amide bonds. The predicted molar refractivity (Wildman–Crippen MR) is 167 cm³/mol. The average Bonchev–Trinajstić information content (AvgIpc) is 3.80. The smallest absolute Gasteiger partial charge is 0.274 e. The molecule has 218 valence electrons. The molecule has 0 aliphatic carbocycles. The van der Waals surface area contributed by atoms with E-state index in [1.165, 1.54) is 0 Å². The lowest BCUT2D eigenvalue weighted by molar-refractivity contribution is 0.0827. The molecule has 0 aliphatic rings. The van der Waals surface area contributed by atoms with E-state index < -0.39 is 0 Å². The zero-order chi connectivity index (χ0) is 30.5. The third-order valence-electron chi connectivity index (χ3n) is 7.61. The number of hydrogen-bond acceptors (Lipinski definition) is 8. The third kappa shape index (κ3) is 4.47. The van der Waals surface area contributed by atoms with Crippen LogP contribution in [0, 0.1) is 0 Å². The fraction of sp³-hybridized carbons (Fsp3) is 0.129. The number of aryl methyl sites for hydroxylation is 2. The Hall–Kier alpha value is -6.11. The number of benzene rings is 2. The summed E-state index contributed by atoms with van der Waals surface area (Å²) in [5.74, 6) is 0.440. The lowest BCUT2D eigenvalue weighted by atomic mass is 9.97. The minimum absolute atomic E-state index is 0.0792. The van der Waals surface area contributed by atoms with Crippen molar-refractivity contribution in [2.75, 3.05) is 19.4 Å². The van der Waals surface area contributed by atoms with E-state index in [2.05, 4.69) is 36.0 Å². The number of nitrogens with zero attached hydrogens (tertiary/aromatic N) is 8. The van der Waals surface area contributed by atoms with Crippen LogP contribution in [0.3, 0.4) is 0 Å². The lowest BCUT2D eigenvalue weighted by Gasteiger charge is -2.13. The second-order valence-electron chi connectivity index (χ2n) is 10.7. The average molecular weight is 586 g/mol. The first-order valence-electron chi connectivity index (χ1n) is 13.7. The molecular formula is C31H27N11O2. The highest BCUT2D eigenvalue weighted by Crippen LogP contribution is 2.41. The number of pyridine rings is 2. The number of anilines is 2. The highest BCUT2D eigenvalue weighted by molar-refractivity contribution is 6.16. The van der Waals surface area contributed by atoms with Crippen LogP contribution in [0.2, 0.25) is 0 Å². The van der Waals surface area contributed by atoms with Crippen molar-refractivity contribution in [3.8, 4) is 33.8 Å². The maximum absolute atomic E-state index is 13.6. The molecule has 13 heteroatoms. The molecule has 0 radical (unpaired) electrons. The molecule has 3 N–H and O–H groups in total. The normalized spacial score (nSPS) is 11.4. The van der Waals surface area contributed by atoms with Gasteiger partial charge in [0.15, 0.2) is 5.82 Å². The Morgan fingerprint density at radius 2 is 1.80 bits per heavy atom. The van der Waals surface area contributed by atoms with Gasteiger partial charge in [-0.1, -0.05) is 24.3 Å². The largest absolute Gasteiger partial charge is 0.351 e. The van der Waals surface area contributed by atoms with Crippen LogP contribution in [0.5, 0.6) is 0 Å². The zero-order valence-corrected chi connectivity index (χ0v) is 24.3. The molecule has 7 aromatic rings. The van der Waals surface area contributed by atoms with Gasteiger partial charge in [0.05, 0.1) is 23.6 Å². The number of tetrazole rings is 1. The Bertz CT molecular complexity index is 2240. The van der Waals surface area contributed by atoms with E-state index in [-0.39, 0.29) is 11.5 Å². The van der Waals surface area contributed by atoms with Crippen LogP contribution < -0.4 is 10.9 Å². The van der Waals surface area contributed by atoms with Crippen molar-refractivity contribution in [3.63, 3.8) is 0 Å². The highest BCUT2D eigenvalue weighted by Gasteiger charge is 2.22. The van der Waals surface area contributed by atoms with E-state index in [1.54, 1.807) is 47.7 Å². The highest BCUT2D eigenvalue weighted by atomic mass is 16.2. The number of rotatable bonds is 6. The van der Waals surface area contributed by atoms with Crippen LogP contribution in [0.25, 0.3) is 55.7 Å². The van der Waals surface area contributed by atoms with E-state index in [1.807, 2.05) is 67.8 Å². The van der Waals surface area contributed by atoms with Crippen molar-refractivity contribution in [3.05, 3.63) is 89.1 Å². The molecule has 0 bridgehead atoms. The van der Waals surface area contributed by atoms with E-state index in [0.29, 0.717) is 33.9 Å². The van der Waals surface area contributed by atoms with Crippen LogP contribution in [-0.2, 0) is 14.1 Å². The first-order valence-corrected chi connectivity index (χ1v) is 13.7. The number of hydrogen-bond donors (Lipinski definition) is 3. The molecule has 2 aromatic carbocycles. The van der Waals surface area contributed by atoms with Crippen molar-refractivity contribution in [2.24, 2.45) is 14.1 Å². The second-order valence-corrected chi connectivity index (χ2v) is 10.7. The number of carbonyl (C=O) groups is 1. The lowest BCUT2D eigenvalue weighted by Crippen LogP contribution is -2.21. The monoisotopic (exact) mass is 585 g/mol. The SMILES string of the molecule is CN(C)C(=O)c1ccc(-c2c(-c3cnn(C)c3)[nH]c3ncc4c(cc(Nc5cccc(-c6nnn[nH]6)c5)c(=O)n4C)c23)cc1. The molecule has 0 spiro atoms.